The quantitative estimate of drug-likeness (QED) is 0.880. The average molecular weight is 337 g/mol. The minimum atomic E-state index is -0.160. The van der Waals surface area contributed by atoms with E-state index in [0.717, 1.165) is 30.0 Å². The summed E-state index contributed by atoms with van der Waals surface area (Å²) in [5.74, 6) is 0.906. The van der Waals surface area contributed by atoms with Gasteiger partial charge in [-0.2, -0.15) is 0 Å². The van der Waals surface area contributed by atoms with E-state index in [0.29, 0.717) is 17.5 Å². The van der Waals surface area contributed by atoms with Crippen LogP contribution in [0, 0.1) is 5.92 Å². The van der Waals surface area contributed by atoms with E-state index in [1.807, 2.05) is 42.6 Å². The largest absolute Gasteiger partial charge is 0.370 e. The summed E-state index contributed by atoms with van der Waals surface area (Å²) in [6.07, 6.45) is 4.33. The maximum Gasteiger partial charge on any atom is 0.274 e. The first-order chi connectivity index (χ1) is 12.0. The van der Waals surface area contributed by atoms with Crippen LogP contribution >= 0.6 is 0 Å². The molecule has 1 fully saturated rings. The molecule has 25 heavy (non-hydrogen) atoms. The number of hydrogen-bond acceptors (Lipinski definition) is 3. The molecule has 4 heteroatoms. The number of nitrogens with one attached hydrogen (secondary N) is 1. The first kappa shape index (κ1) is 17.5. The van der Waals surface area contributed by atoms with Crippen molar-refractivity contribution in [3.63, 3.8) is 0 Å². The second-order valence-corrected chi connectivity index (χ2v) is 7.29. The predicted molar refractivity (Wildman–Crippen MR) is 103 cm³/mol. The molecular formula is C21H27N3O. The third-order valence-electron chi connectivity index (χ3n) is 4.83. The maximum atomic E-state index is 12.5. The van der Waals surface area contributed by atoms with E-state index in [1.165, 1.54) is 12.8 Å². The first-order valence-electron chi connectivity index (χ1n) is 9.16. The van der Waals surface area contributed by atoms with Crippen LogP contribution in [-0.2, 0) is 0 Å². The molecule has 1 amide bonds. The summed E-state index contributed by atoms with van der Waals surface area (Å²) >= 11 is 0. The molecule has 1 N–H and O–H groups in total. The Labute approximate surface area is 150 Å². The minimum absolute atomic E-state index is 0.160. The van der Waals surface area contributed by atoms with E-state index in [9.17, 15) is 4.79 Å². The fourth-order valence-corrected chi connectivity index (χ4v) is 3.43. The highest BCUT2D eigenvalue weighted by Gasteiger charge is 2.18. The summed E-state index contributed by atoms with van der Waals surface area (Å²) in [4.78, 5) is 19.3. The lowest BCUT2D eigenvalue weighted by Crippen LogP contribution is -2.34. The molecule has 4 nitrogen and oxygen atoms in total. The minimum Gasteiger partial charge on any atom is -0.370 e. The van der Waals surface area contributed by atoms with Gasteiger partial charge in [0.2, 0.25) is 0 Å². The van der Waals surface area contributed by atoms with E-state index in [4.69, 9.17) is 0 Å². The van der Waals surface area contributed by atoms with Gasteiger partial charge in [-0.15, -0.1) is 0 Å². The zero-order valence-corrected chi connectivity index (χ0v) is 15.3. The monoisotopic (exact) mass is 337 g/mol. The van der Waals surface area contributed by atoms with E-state index < -0.39 is 0 Å². The predicted octanol–water partition coefficient (Wildman–Crippen LogP) is 4.69. The molecule has 1 aromatic heterocycles. The topological polar surface area (TPSA) is 45.2 Å². The summed E-state index contributed by atoms with van der Waals surface area (Å²) in [6.45, 7) is 8.66. The molecule has 2 aromatic rings. The molecule has 1 aliphatic heterocycles. The van der Waals surface area contributed by atoms with Gasteiger partial charge in [-0.25, -0.2) is 4.98 Å². The smallest absolute Gasteiger partial charge is 0.274 e. The third kappa shape index (κ3) is 4.19. The molecule has 0 saturated carbocycles. The van der Waals surface area contributed by atoms with Gasteiger partial charge in [0.1, 0.15) is 5.69 Å². The van der Waals surface area contributed by atoms with Gasteiger partial charge in [0.15, 0.2) is 0 Å². The summed E-state index contributed by atoms with van der Waals surface area (Å²) in [7, 11) is 0. The van der Waals surface area contributed by atoms with Gasteiger partial charge < -0.3 is 10.2 Å². The molecule has 0 spiro atoms. The normalized spacial score (nSPS) is 17.6. The highest BCUT2D eigenvalue weighted by atomic mass is 16.1. The van der Waals surface area contributed by atoms with Gasteiger partial charge in [0, 0.05) is 18.8 Å². The van der Waals surface area contributed by atoms with Crippen LogP contribution in [0.3, 0.4) is 0 Å². The Morgan fingerprint density at radius 3 is 2.72 bits per heavy atom. The van der Waals surface area contributed by atoms with Gasteiger partial charge in [0.25, 0.3) is 5.91 Å². The second kappa shape index (κ2) is 7.68. The summed E-state index contributed by atoms with van der Waals surface area (Å²) in [5.41, 5.74) is 3.55. The van der Waals surface area contributed by atoms with E-state index >= 15 is 0 Å². The van der Waals surface area contributed by atoms with Crippen LogP contribution in [0.1, 0.15) is 55.6 Å². The van der Waals surface area contributed by atoms with Gasteiger partial charge in [-0.1, -0.05) is 39.0 Å². The zero-order valence-electron chi connectivity index (χ0n) is 15.3. The van der Waals surface area contributed by atoms with Gasteiger partial charge in [0.05, 0.1) is 11.9 Å². The molecule has 0 bridgehead atoms. The van der Waals surface area contributed by atoms with Crippen molar-refractivity contribution in [3.05, 3.63) is 53.9 Å². The van der Waals surface area contributed by atoms with Crippen LogP contribution in [0.2, 0.25) is 0 Å². The number of nitrogens with zero attached hydrogens (tertiary/aromatic N) is 2. The first-order valence-corrected chi connectivity index (χ1v) is 9.16. The SMILES string of the molecule is CC1CCCN(c2ccc(C(=O)Nc3ccccc3C(C)C)nc2)C1. The van der Waals surface area contributed by atoms with Crippen LogP contribution in [0.5, 0.6) is 0 Å². The Morgan fingerprint density at radius 1 is 1.24 bits per heavy atom. The number of pyridine rings is 1. The van der Waals surface area contributed by atoms with E-state index in [-0.39, 0.29) is 5.91 Å². The number of anilines is 2. The fourth-order valence-electron chi connectivity index (χ4n) is 3.43. The molecule has 1 atom stereocenters. The van der Waals surface area contributed by atoms with E-state index in [2.05, 4.69) is 36.0 Å². The molecule has 0 aliphatic carbocycles. The molecule has 3 rings (SSSR count). The molecule has 1 aromatic carbocycles. The van der Waals surface area contributed by atoms with Crippen LogP contribution in [0.15, 0.2) is 42.6 Å². The maximum absolute atomic E-state index is 12.5. The van der Waals surface area contributed by atoms with Crippen LogP contribution in [-0.4, -0.2) is 24.0 Å². The van der Waals surface area contributed by atoms with Crippen molar-refractivity contribution in [2.75, 3.05) is 23.3 Å². The van der Waals surface area contributed by atoms with Crippen LogP contribution in [0.25, 0.3) is 0 Å². The molecule has 0 radical (unpaired) electrons. The van der Waals surface area contributed by atoms with Crippen molar-refractivity contribution in [2.24, 2.45) is 5.92 Å². The zero-order chi connectivity index (χ0) is 17.8. The van der Waals surface area contributed by atoms with Crippen molar-refractivity contribution < 1.29 is 4.79 Å². The van der Waals surface area contributed by atoms with Crippen LogP contribution < -0.4 is 10.2 Å². The Bertz CT molecular complexity index is 724. The average Bonchev–Trinajstić information content (AvgIpc) is 2.62. The summed E-state index contributed by atoms with van der Waals surface area (Å²) in [5, 5.41) is 3.00. The molecule has 1 saturated heterocycles. The Kier molecular flexibility index (Phi) is 5.37. The number of carbonyl (C=O) groups is 1. The molecule has 132 valence electrons. The number of aromatic nitrogens is 1. The van der Waals surface area contributed by atoms with Crippen molar-refractivity contribution >= 4 is 17.3 Å². The number of hydrogen-bond donors (Lipinski definition) is 1. The van der Waals surface area contributed by atoms with Gasteiger partial charge >= 0.3 is 0 Å². The van der Waals surface area contributed by atoms with Gasteiger partial charge in [-0.3, -0.25) is 4.79 Å². The van der Waals surface area contributed by atoms with E-state index in [1.54, 1.807) is 0 Å². The van der Waals surface area contributed by atoms with Crippen molar-refractivity contribution in [1.29, 1.82) is 0 Å². The molecular weight excluding hydrogens is 310 g/mol. The fraction of sp³-hybridized carbons (Fsp3) is 0.429. The molecule has 1 aliphatic rings. The molecule has 2 heterocycles. The summed E-state index contributed by atoms with van der Waals surface area (Å²) in [6, 6.07) is 11.8. The van der Waals surface area contributed by atoms with Crippen LogP contribution in [0.4, 0.5) is 11.4 Å². The third-order valence-corrected chi connectivity index (χ3v) is 4.83. The number of piperidine rings is 1. The highest BCUT2D eigenvalue weighted by Crippen LogP contribution is 2.25. The Hall–Kier alpha value is -2.36. The number of benzene rings is 1. The van der Waals surface area contributed by atoms with Crippen molar-refractivity contribution in [2.45, 2.75) is 39.5 Å². The lowest BCUT2D eigenvalue weighted by molar-refractivity contribution is 0.102. The molecule has 1 unspecified atom stereocenters. The number of para-hydroxylation sites is 1. The second-order valence-electron chi connectivity index (χ2n) is 7.29. The summed E-state index contributed by atoms with van der Waals surface area (Å²) < 4.78 is 0. The number of rotatable bonds is 4. The Balaban J connectivity index is 1.71. The standard InChI is InChI=1S/C21H27N3O/c1-15(2)18-8-4-5-9-19(18)23-21(25)20-11-10-17(13-22-20)24-12-6-7-16(3)14-24/h4-5,8-11,13,15-16H,6-7,12,14H2,1-3H3,(H,23,25). The van der Waals surface area contributed by atoms with Crippen molar-refractivity contribution in [3.8, 4) is 0 Å². The number of carbonyl (C=O) groups excluding carboxylic acids is 1. The lowest BCUT2D eigenvalue weighted by Gasteiger charge is -2.32. The highest BCUT2D eigenvalue weighted by molar-refractivity contribution is 6.03. The lowest BCUT2D eigenvalue weighted by atomic mass is 10.00. The number of amides is 1. The van der Waals surface area contributed by atoms with Crippen molar-refractivity contribution in [1.82, 2.24) is 4.98 Å². The van der Waals surface area contributed by atoms with Gasteiger partial charge in [-0.05, 0) is 48.4 Å². The Morgan fingerprint density at radius 2 is 2.04 bits per heavy atom.